The van der Waals surface area contributed by atoms with E-state index in [1.807, 2.05) is 30.3 Å². The van der Waals surface area contributed by atoms with Crippen LogP contribution in [0.3, 0.4) is 0 Å². The Morgan fingerprint density at radius 2 is 1.88 bits per heavy atom. The average Bonchev–Trinajstić information content (AvgIpc) is 3.43. The van der Waals surface area contributed by atoms with Crippen molar-refractivity contribution < 1.29 is 13.2 Å². The Morgan fingerprint density at radius 3 is 2.56 bits per heavy atom. The lowest BCUT2D eigenvalue weighted by Gasteiger charge is -2.18. The van der Waals surface area contributed by atoms with Crippen molar-refractivity contribution in [3.63, 3.8) is 0 Å². The van der Waals surface area contributed by atoms with Crippen molar-refractivity contribution in [2.75, 3.05) is 17.6 Å². The highest BCUT2D eigenvalue weighted by Crippen LogP contribution is 2.39. The summed E-state index contributed by atoms with van der Waals surface area (Å²) in [6, 6.07) is 12.7. The van der Waals surface area contributed by atoms with Crippen LogP contribution in [0.5, 0.6) is 5.75 Å². The molecule has 0 radical (unpaired) electrons. The van der Waals surface area contributed by atoms with E-state index in [0.29, 0.717) is 22.9 Å². The van der Waals surface area contributed by atoms with Crippen LogP contribution >= 0.6 is 27.5 Å². The van der Waals surface area contributed by atoms with E-state index in [2.05, 4.69) is 30.8 Å². The van der Waals surface area contributed by atoms with Crippen molar-refractivity contribution in [2.45, 2.75) is 38.0 Å². The molecule has 1 heterocycles. The first-order valence-electron chi connectivity index (χ1n) is 10.4. The van der Waals surface area contributed by atoms with Gasteiger partial charge in [-0.1, -0.05) is 42.6 Å². The summed E-state index contributed by atoms with van der Waals surface area (Å²) in [4.78, 5) is 0. The third-order valence-corrected chi connectivity index (χ3v) is 7.75. The molecular formula is C22H24BrClN4O3S. The van der Waals surface area contributed by atoms with Crippen LogP contribution in [-0.2, 0) is 16.4 Å². The van der Waals surface area contributed by atoms with Crippen LogP contribution < -0.4 is 9.46 Å². The van der Waals surface area contributed by atoms with Gasteiger partial charge in [0.1, 0.15) is 17.3 Å². The van der Waals surface area contributed by atoms with Gasteiger partial charge in [-0.25, -0.2) is 8.42 Å². The largest absolute Gasteiger partial charge is 0.495 e. The van der Waals surface area contributed by atoms with Crippen molar-refractivity contribution in [1.82, 2.24) is 14.8 Å². The second-order valence-corrected chi connectivity index (χ2v) is 10.9. The summed E-state index contributed by atoms with van der Waals surface area (Å²) in [6.07, 6.45) is 4.58. The quantitative estimate of drug-likeness (QED) is 0.418. The number of nitrogens with one attached hydrogen (secondary N) is 1. The number of aryl methyl sites for hydroxylation is 1. The van der Waals surface area contributed by atoms with Crippen molar-refractivity contribution in [3.05, 3.63) is 63.3 Å². The van der Waals surface area contributed by atoms with E-state index in [1.54, 1.807) is 23.8 Å². The van der Waals surface area contributed by atoms with Gasteiger partial charge in [0.05, 0.1) is 12.9 Å². The minimum absolute atomic E-state index is 0.0899. The number of sulfonamides is 1. The maximum absolute atomic E-state index is 12.9. The molecule has 1 N–H and O–H groups in total. The smallest absolute Gasteiger partial charge is 0.243 e. The number of aromatic nitrogens is 3. The van der Waals surface area contributed by atoms with E-state index in [0.717, 1.165) is 41.5 Å². The fourth-order valence-electron chi connectivity index (χ4n) is 4.00. The molecule has 3 aromatic rings. The van der Waals surface area contributed by atoms with E-state index < -0.39 is 10.0 Å². The SMILES string of the molecule is COc1cccc(Br)c1-n1c(NS(=O)(=O)CCc2ccc(Cl)cc2)nnc1C1CCCC1. The molecule has 0 aliphatic heterocycles. The van der Waals surface area contributed by atoms with Gasteiger partial charge in [0.15, 0.2) is 0 Å². The zero-order chi connectivity index (χ0) is 22.7. The number of para-hydroxylation sites is 1. The maximum Gasteiger partial charge on any atom is 0.243 e. The molecule has 1 aliphatic rings. The zero-order valence-corrected chi connectivity index (χ0v) is 20.8. The third kappa shape index (κ3) is 5.10. The first-order valence-corrected chi connectivity index (χ1v) is 13.2. The topological polar surface area (TPSA) is 86.1 Å². The van der Waals surface area contributed by atoms with Gasteiger partial charge in [0, 0.05) is 15.4 Å². The van der Waals surface area contributed by atoms with Crippen LogP contribution in [0.15, 0.2) is 46.9 Å². The molecule has 1 saturated carbocycles. The van der Waals surface area contributed by atoms with Crippen molar-refractivity contribution >= 4 is 43.5 Å². The van der Waals surface area contributed by atoms with E-state index in [9.17, 15) is 8.42 Å². The first-order chi connectivity index (χ1) is 15.4. The minimum Gasteiger partial charge on any atom is -0.495 e. The Balaban J connectivity index is 1.67. The Bertz CT molecular complexity index is 1190. The molecule has 170 valence electrons. The Morgan fingerprint density at radius 1 is 1.16 bits per heavy atom. The molecule has 0 amide bonds. The molecule has 1 aromatic heterocycles. The van der Waals surface area contributed by atoms with Crippen LogP contribution in [0.25, 0.3) is 5.69 Å². The van der Waals surface area contributed by atoms with Crippen LogP contribution in [0, 0.1) is 0 Å². The fourth-order valence-corrected chi connectivity index (χ4v) is 5.67. The fraction of sp³-hybridized carbons (Fsp3) is 0.364. The summed E-state index contributed by atoms with van der Waals surface area (Å²) < 4.78 is 36.6. The normalized spacial score (nSPS) is 14.6. The molecule has 32 heavy (non-hydrogen) atoms. The number of hydrogen-bond acceptors (Lipinski definition) is 5. The maximum atomic E-state index is 12.9. The highest BCUT2D eigenvalue weighted by Gasteiger charge is 2.29. The lowest BCUT2D eigenvalue weighted by Crippen LogP contribution is -2.21. The van der Waals surface area contributed by atoms with Gasteiger partial charge in [-0.2, -0.15) is 0 Å². The number of benzene rings is 2. The van der Waals surface area contributed by atoms with Crippen LogP contribution in [-0.4, -0.2) is 36.0 Å². The van der Waals surface area contributed by atoms with Crippen LogP contribution in [0.2, 0.25) is 5.02 Å². The summed E-state index contributed by atoms with van der Waals surface area (Å²) in [5, 5.41) is 9.25. The summed E-state index contributed by atoms with van der Waals surface area (Å²) in [5.41, 5.74) is 1.57. The van der Waals surface area contributed by atoms with Gasteiger partial charge in [0.25, 0.3) is 0 Å². The van der Waals surface area contributed by atoms with Gasteiger partial charge in [-0.15, -0.1) is 10.2 Å². The molecule has 0 unspecified atom stereocenters. The van der Waals surface area contributed by atoms with Gasteiger partial charge >= 0.3 is 0 Å². The molecule has 0 saturated heterocycles. The molecule has 1 aliphatic carbocycles. The van der Waals surface area contributed by atoms with Gasteiger partial charge in [-0.05, 0) is 65.0 Å². The molecule has 7 nitrogen and oxygen atoms in total. The highest BCUT2D eigenvalue weighted by molar-refractivity contribution is 9.10. The van der Waals surface area contributed by atoms with E-state index >= 15 is 0 Å². The molecule has 2 aromatic carbocycles. The predicted octanol–water partition coefficient (Wildman–Crippen LogP) is 5.33. The van der Waals surface area contributed by atoms with Crippen molar-refractivity contribution in [3.8, 4) is 11.4 Å². The molecule has 0 spiro atoms. The zero-order valence-electron chi connectivity index (χ0n) is 17.6. The lowest BCUT2D eigenvalue weighted by molar-refractivity contribution is 0.412. The monoisotopic (exact) mass is 538 g/mol. The molecule has 1 fully saturated rings. The molecule has 10 heteroatoms. The average molecular weight is 540 g/mol. The summed E-state index contributed by atoms with van der Waals surface area (Å²) >= 11 is 9.50. The number of methoxy groups -OCH3 is 1. The third-order valence-electron chi connectivity index (χ3n) is 5.62. The van der Waals surface area contributed by atoms with Crippen molar-refractivity contribution in [2.24, 2.45) is 0 Å². The Kier molecular flexibility index (Phi) is 7.07. The second kappa shape index (κ2) is 9.80. The van der Waals surface area contributed by atoms with E-state index in [-0.39, 0.29) is 17.6 Å². The Labute approximate surface area is 201 Å². The van der Waals surface area contributed by atoms with E-state index in [1.165, 1.54) is 0 Å². The summed E-state index contributed by atoms with van der Waals surface area (Å²) in [5.74, 6) is 1.62. The molecular weight excluding hydrogens is 516 g/mol. The van der Waals surface area contributed by atoms with Gasteiger partial charge in [-0.3, -0.25) is 9.29 Å². The van der Waals surface area contributed by atoms with Crippen LogP contribution in [0.1, 0.15) is 43.0 Å². The number of hydrogen-bond donors (Lipinski definition) is 1. The molecule has 0 atom stereocenters. The molecule has 0 bridgehead atoms. The van der Waals surface area contributed by atoms with Gasteiger partial charge in [0.2, 0.25) is 16.0 Å². The number of halogens is 2. The standard InChI is InChI=1S/C22H24BrClN4O3S/c1-31-19-8-4-7-18(23)20(19)28-21(16-5-2-3-6-16)25-26-22(28)27-32(29,30)14-13-15-9-11-17(24)12-10-15/h4,7-12,16H,2-3,5-6,13-14H2,1H3,(H,26,27). The van der Waals surface area contributed by atoms with Gasteiger partial charge < -0.3 is 4.74 Å². The van der Waals surface area contributed by atoms with Crippen LogP contribution in [0.4, 0.5) is 5.95 Å². The first kappa shape index (κ1) is 23.1. The Hall–Kier alpha value is -2.10. The lowest BCUT2D eigenvalue weighted by atomic mass is 10.1. The predicted molar refractivity (Wildman–Crippen MR) is 129 cm³/mol. The number of anilines is 1. The second-order valence-electron chi connectivity index (χ2n) is 7.79. The van der Waals surface area contributed by atoms with E-state index in [4.69, 9.17) is 16.3 Å². The highest BCUT2D eigenvalue weighted by atomic mass is 79.9. The summed E-state index contributed by atoms with van der Waals surface area (Å²) in [6.45, 7) is 0. The number of ether oxygens (including phenoxy) is 1. The van der Waals surface area contributed by atoms with Crippen molar-refractivity contribution in [1.29, 1.82) is 0 Å². The minimum atomic E-state index is -3.68. The number of rotatable bonds is 8. The summed E-state index contributed by atoms with van der Waals surface area (Å²) in [7, 11) is -2.09. The molecule has 4 rings (SSSR count). The number of nitrogens with zero attached hydrogens (tertiary/aromatic N) is 3.